The smallest absolute Gasteiger partial charge is 0.221 e. The van der Waals surface area contributed by atoms with E-state index in [0.717, 1.165) is 71.0 Å². The number of rotatable bonds is 4. The first-order valence-corrected chi connectivity index (χ1v) is 13.5. The average Bonchev–Trinajstić information content (AvgIpc) is 3.63. The van der Waals surface area contributed by atoms with Gasteiger partial charge in [-0.25, -0.2) is 4.98 Å². The largest absolute Gasteiger partial charge is 0.493 e. The van der Waals surface area contributed by atoms with Crippen molar-refractivity contribution in [1.82, 2.24) is 9.88 Å². The van der Waals surface area contributed by atoms with Gasteiger partial charge in [-0.3, -0.25) is 9.69 Å². The number of fused-ring (bicyclic) bond motifs is 3. The number of hydrogen-bond donors (Lipinski definition) is 2. The third-order valence-electron chi connectivity index (χ3n) is 9.74. The molecule has 4 atom stereocenters. The van der Waals surface area contributed by atoms with Crippen molar-refractivity contribution in [3.63, 3.8) is 0 Å². The van der Waals surface area contributed by atoms with Gasteiger partial charge in [-0.15, -0.1) is 0 Å². The Morgan fingerprint density at radius 1 is 1.27 bits per heavy atom. The Bertz CT molecular complexity index is 1500. The van der Waals surface area contributed by atoms with Crippen LogP contribution in [0, 0.1) is 5.92 Å². The van der Waals surface area contributed by atoms with Gasteiger partial charge in [0.25, 0.3) is 0 Å². The Kier molecular flexibility index (Phi) is 4.28. The molecule has 0 radical (unpaired) electrons. The van der Waals surface area contributed by atoms with Crippen molar-refractivity contribution >= 4 is 22.5 Å². The molecule has 3 heterocycles. The van der Waals surface area contributed by atoms with E-state index >= 15 is 0 Å². The van der Waals surface area contributed by atoms with E-state index in [9.17, 15) is 9.90 Å². The molecule has 1 saturated carbocycles. The monoisotopic (exact) mass is 497 g/mol. The van der Waals surface area contributed by atoms with Crippen LogP contribution in [-0.4, -0.2) is 52.7 Å². The minimum absolute atomic E-state index is 0.0235. The summed E-state index contributed by atoms with van der Waals surface area (Å²) in [5.41, 5.74) is 3.99. The molecule has 2 N–H and O–H groups in total. The highest BCUT2D eigenvalue weighted by Crippen LogP contribution is 2.69. The van der Waals surface area contributed by atoms with Gasteiger partial charge in [0, 0.05) is 42.4 Å². The first kappa shape index (κ1) is 21.9. The summed E-state index contributed by atoms with van der Waals surface area (Å²) in [7, 11) is 1.67. The van der Waals surface area contributed by atoms with E-state index in [1.165, 1.54) is 25.3 Å². The Balaban J connectivity index is 1.42. The standard InChI is InChI=1S/C30H31N3O4/c1-16(34)31-25-19-5-3-4-6-21(19)32-26-20(25)14-30(35)23-13-18-9-10-22(36-2)27-24(18)29(30,28(26)37-27)11-12-33(23)15-17-7-8-17/h3-6,9-10,17,23,28,35H,7-8,11-15H2,1-2H3,(H,31,32,34)/t23-,28?,29+,30?/m1/s1. The van der Waals surface area contributed by atoms with Gasteiger partial charge >= 0.3 is 0 Å². The number of nitrogens with one attached hydrogen (secondary N) is 1. The lowest BCUT2D eigenvalue weighted by atomic mass is 9.48. The fourth-order valence-corrected chi connectivity index (χ4v) is 8.06. The molecule has 3 aliphatic carbocycles. The summed E-state index contributed by atoms with van der Waals surface area (Å²) in [5, 5.41) is 17.1. The van der Waals surface area contributed by atoms with E-state index < -0.39 is 17.1 Å². The number of aliphatic hydroxyl groups is 1. The van der Waals surface area contributed by atoms with Crippen molar-refractivity contribution in [2.24, 2.45) is 5.92 Å². The van der Waals surface area contributed by atoms with Crippen molar-refractivity contribution in [2.75, 3.05) is 25.5 Å². The molecule has 3 aromatic rings. The molecular weight excluding hydrogens is 466 g/mol. The highest BCUT2D eigenvalue weighted by atomic mass is 16.5. The number of hydrogen-bond acceptors (Lipinski definition) is 6. The minimum atomic E-state index is -1.06. The number of carbonyl (C=O) groups excluding carboxylic acids is 1. The molecule has 1 amide bonds. The molecule has 37 heavy (non-hydrogen) atoms. The normalized spacial score (nSPS) is 30.9. The number of nitrogens with zero attached hydrogens (tertiary/aromatic N) is 2. The maximum Gasteiger partial charge on any atom is 0.221 e. The SMILES string of the molecule is COc1ccc2c3c1OC1c4nc5ccccc5c(NC(C)=O)c4CC4(O)[C@@H](C2)N(CC2CC2)CC[C@]314. The van der Waals surface area contributed by atoms with Gasteiger partial charge in [-0.05, 0) is 55.8 Å². The lowest BCUT2D eigenvalue weighted by molar-refractivity contribution is -0.173. The maximum atomic E-state index is 13.1. The molecular formula is C30H31N3O4. The predicted molar refractivity (Wildman–Crippen MR) is 139 cm³/mol. The Labute approximate surface area is 215 Å². The van der Waals surface area contributed by atoms with Crippen LogP contribution in [0.4, 0.5) is 5.69 Å². The topological polar surface area (TPSA) is 83.9 Å². The third-order valence-corrected chi connectivity index (χ3v) is 9.74. The first-order valence-electron chi connectivity index (χ1n) is 13.5. The van der Waals surface area contributed by atoms with Gasteiger partial charge in [0.05, 0.1) is 35.0 Å². The second-order valence-corrected chi connectivity index (χ2v) is 11.7. The second kappa shape index (κ2) is 7.23. The summed E-state index contributed by atoms with van der Waals surface area (Å²) in [6.45, 7) is 3.50. The van der Waals surface area contributed by atoms with Crippen LogP contribution >= 0.6 is 0 Å². The maximum absolute atomic E-state index is 13.1. The van der Waals surface area contributed by atoms with Gasteiger partial charge in [0.2, 0.25) is 5.91 Å². The van der Waals surface area contributed by atoms with E-state index in [4.69, 9.17) is 14.5 Å². The molecule has 2 unspecified atom stereocenters. The zero-order chi connectivity index (χ0) is 25.1. The number of likely N-dealkylation sites (tertiary alicyclic amines) is 1. The molecule has 190 valence electrons. The molecule has 7 nitrogen and oxygen atoms in total. The molecule has 2 aliphatic heterocycles. The highest BCUT2D eigenvalue weighted by molar-refractivity contribution is 6.02. The van der Waals surface area contributed by atoms with Crippen LogP contribution in [0.2, 0.25) is 0 Å². The van der Waals surface area contributed by atoms with Crippen molar-refractivity contribution in [3.8, 4) is 11.5 Å². The summed E-state index contributed by atoms with van der Waals surface area (Å²) in [6.07, 6.45) is 4.11. The van der Waals surface area contributed by atoms with Crippen LogP contribution in [0.5, 0.6) is 11.5 Å². The van der Waals surface area contributed by atoms with E-state index in [2.05, 4.69) is 16.3 Å². The number of methoxy groups -OCH3 is 1. The fourth-order valence-electron chi connectivity index (χ4n) is 8.06. The van der Waals surface area contributed by atoms with Crippen LogP contribution in [0.1, 0.15) is 54.7 Å². The Morgan fingerprint density at radius 3 is 2.89 bits per heavy atom. The van der Waals surface area contributed by atoms with Crippen LogP contribution < -0.4 is 14.8 Å². The van der Waals surface area contributed by atoms with Crippen molar-refractivity contribution in [2.45, 2.75) is 62.2 Å². The zero-order valence-electron chi connectivity index (χ0n) is 21.2. The zero-order valence-corrected chi connectivity index (χ0v) is 21.2. The molecule has 1 saturated heterocycles. The van der Waals surface area contributed by atoms with Gasteiger partial charge in [-0.1, -0.05) is 24.3 Å². The first-order chi connectivity index (χ1) is 17.9. The van der Waals surface area contributed by atoms with E-state index in [-0.39, 0.29) is 11.9 Å². The van der Waals surface area contributed by atoms with Crippen LogP contribution in [0.3, 0.4) is 0 Å². The number of amides is 1. The number of anilines is 1. The number of aromatic nitrogens is 1. The van der Waals surface area contributed by atoms with Gasteiger partial charge in [-0.2, -0.15) is 0 Å². The fraction of sp³-hybridized carbons (Fsp3) is 0.467. The summed E-state index contributed by atoms with van der Waals surface area (Å²) >= 11 is 0. The number of carbonyl (C=O) groups is 1. The molecule has 7 heteroatoms. The van der Waals surface area contributed by atoms with Crippen molar-refractivity contribution in [1.29, 1.82) is 0 Å². The minimum Gasteiger partial charge on any atom is -0.493 e. The average molecular weight is 498 g/mol. The van der Waals surface area contributed by atoms with E-state index in [0.29, 0.717) is 12.2 Å². The van der Waals surface area contributed by atoms with Gasteiger partial charge in [0.15, 0.2) is 17.6 Å². The lowest BCUT2D eigenvalue weighted by Crippen LogP contribution is -2.74. The Morgan fingerprint density at radius 2 is 2.11 bits per heavy atom. The van der Waals surface area contributed by atoms with Crippen molar-refractivity contribution < 1.29 is 19.4 Å². The predicted octanol–water partition coefficient (Wildman–Crippen LogP) is 3.90. The summed E-state index contributed by atoms with van der Waals surface area (Å²) in [6, 6.07) is 12.1. The number of piperidine rings is 1. The quantitative estimate of drug-likeness (QED) is 0.569. The summed E-state index contributed by atoms with van der Waals surface area (Å²) in [4.78, 5) is 20.1. The molecule has 1 spiro atoms. The molecule has 5 aliphatic rings. The van der Waals surface area contributed by atoms with E-state index in [1.54, 1.807) is 7.11 Å². The molecule has 1 aromatic heterocycles. The number of para-hydroxylation sites is 1. The van der Waals surface area contributed by atoms with Gasteiger partial charge < -0.3 is 19.9 Å². The number of pyridine rings is 1. The molecule has 2 bridgehead atoms. The van der Waals surface area contributed by atoms with Crippen molar-refractivity contribution in [3.05, 3.63) is 58.8 Å². The lowest BCUT2D eigenvalue weighted by Gasteiger charge is -2.63. The van der Waals surface area contributed by atoms with Crippen LogP contribution in [0.15, 0.2) is 36.4 Å². The third kappa shape index (κ3) is 2.69. The summed E-state index contributed by atoms with van der Waals surface area (Å²) in [5.74, 6) is 2.05. The van der Waals surface area contributed by atoms with Crippen LogP contribution in [-0.2, 0) is 23.1 Å². The number of ether oxygens (including phenoxy) is 2. The van der Waals surface area contributed by atoms with Crippen LogP contribution in [0.25, 0.3) is 10.9 Å². The molecule has 8 rings (SSSR count). The second-order valence-electron chi connectivity index (χ2n) is 11.7. The highest BCUT2D eigenvalue weighted by Gasteiger charge is 2.73. The molecule has 2 fully saturated rings. The Hall–Kier alpha value is -3.16. The van der Waals surface area contributed by atoms with Gasteiger partial charge in [0.1, 0.15) is 0 Å². The molecule has 2 aromatic carbocycles. The van der Waals surface area contributed by atoms with E-state index in [1.807, 2.05) is 30.3 Å². The summed E-state index contributed by atoms with van der Waals surface area (Å²) < 4.78 is 12.6. The number of benzene rings is 2.